The average Bonchev–Trinajstić information content (AvgIpc) is 2.78. The highest BCUT2D eigenvalue weighted by atomic mass is 19.1. The monoisotopic (exact) mass is 410 g/mol. The van der Waals surface area contributed by atoms with Crippen molar-refractivity contribution in [2.75, 3.05) is 31.5 Å². The van der Waals surface area contributed by atoms with Crippen LogP contribution in [0.25, 0.3) is 0 Å². The van der Waals surface area contributed by atoms with E-state index in [9.17, 15) is 9.18 Å². The number of nitrogens with one attached hydrogen (secondary N) is 2. The predicted octanol–water partition coefficient (Wildman–Crippen LogP) is 4.47. The Hall–Kier alpha value is -3.74. The molecule has 0 saturated heterocycles. The van der Waals surface area contributed by atoms with Crippen LogP contribution in [-0.2, 0) is 11.3 Å². The highest BCUT2D eigenvalue weighted by Crippen LogP contribution is 2.28. The van der Waals surface area contributed by atoms with E-state index in [2.05, 4.69) is 10.6 Å². The number of methoxy groups -OCH3 is 2. The number of hydrogen-bond acceptors (Lipinski definition) is 5. The van der Waals surface area contributed by atoms with Gasteiger partial charge in [0.15, 0.2) is 18.1 Å². The fraction of sp³-hybridized carbons (Fsp3) is 0.174. The van der Waals surface area contributed by atoms with Crippen molar-refractivity contribution in [2.45, 2.75) is 6.54 Å². The van der Waals surface area contributed by atoms with Gasteiger partial charge in [0.2, 0.25) is 0 Å². The van der Waals surface area contributed by atoms with Crippen molar-refractivity contribution in [2.24, 2.45) is 0 Å². The minimum Gasteiger partial charge on any atom is -0.497 e. The molecule has 0 fully saturated rings. The number of anilines is 2. The zero-order valence-electron chi connectivity index (χ0n) is 16.8. The van der Waals surface area contributed by atoms with Crippen LogP contribution in [0.2, 0.25) is 0 Å². The van der Waals surface area contributed by atoms with Gasteiger partial charge in [-0.3, -0.25) is 4.79 Å². The molecule has 6 nitrogen and oxygen atoms in total. The SMILES string of the molecule is COc1ccc(NCc2ccc(OCC(=O)Nc3ccc(F)cc3)c(OC)c2)cc1. The molecule has 0 unspecified atom stereocenters. The van der Waals surface area contributed by atoms with Gasteiger partial charge in [-0.2, -0.15) is 0 Å². The summed E-state index contributed by atoms with van der Waals surface area (Å²) in [7, 11) is 3.17. The standard InChI is InChI=1S/C23H23FN2O4/c1-28-20-10-8-18(9-11-20)25-14-16-3-12-21(22(13-16)29-2)30-15-23(27)26-19-6-4-17(24)5-7-19/h3-13,25H,14-15H2,1-2H3,(H,26,27). The summed E-state index contributed by atoms with van der Waals surface area (Å²) in [5, 5.41) is 5.97. The zero-order chi connectivity index (χ0) is 21.3. The van der Waals surface area contributed by atoms with Gasteiger partial charge in [0, 0.05) is 17.9 Å². The van der Waals surface area contributed by atoms with E-state index in [1.54, 1.807) is 20.3 Å². The van der Waals surface area contributed by atoms with Crippen LogP contribution in [0, 0.1) is 5.82 Å². The summed E-state index contributed by atoms with van der Waals surface area (Å²) in [5.41, 5.74) is 2.45. The molecule has 3 rings (SSSR count). The summed E-state index contributed by atoms with van der Waals surface area (Å²) in [6.45, 7) is 0.394. The van der Waals surface area contributed by atoms with E-state index in [1.807, 2.05) is 36.4 Å². The van der Waals surface area contributed by atoms with E-state index in [1.165, 1.54) is 24.3 Å². The molecule has 0 atom stereocenters. The predicted molar refractivity (Wildman–Crippen MR) is 114 cm³/mol. The van der Waals surface area contributed by atoms with Crippen LogP contribution < -0.4 is 24.8 Å². The van der Waals surface area contributed by atoms with Gasteiger partial charge in [-0.1, -0.05) is 6.07 Å². The van der Waals surface area contributed by atoms with Crippen molar-refractivity contribution < 1.29 is 23.4 Å². The number of carbonyl (C=O) groups is 1. The van der Waals surface area contributed by atoms with Gasteiger partial charge in [-0.05, 0) is 66.2 Å². The summed E-state index contributed by atoms with van der Waals surface area (Å²) >= 11 is 0. The zero-order valence-corrected chi connectivity index (χ0v) is 16.8. The molecule has 3 aromatic rings. The summed E-state index contributed by atoms with van der Waals surface area (Å²) in [4.78, 5) is 12.1. The molecule has 156 valence electrons. The second-order valence-electron chi connectivity index (χ2n) is 6.41. The molecule has 2 N–H and O–H groups in total. The fourth-order valence-corrected chi connectivity index (χ4v) is 2.73. The lowest BCUT2D eigenvalue weighted by atomic mass is 10.2. The molecule has 0 heterocycles. The van der Waals surface area contributed by atoms with E-state index < -0.39 is 0 Å². The molecule has 0 spiro atoms. The van der Waals surface area contributed by atoms with Crippen molar-refractivity contribution in [3.63, 3.8) is 0 Å². The number of halogens is 1. The third-order valence-corrected chi connectivity index (χ3v) is 4.30. The van der Waals surface area contributed by atoms with Gasteiger partial charge >= 0.3 is 0 Å². The molecule has 0 saturated carbocycles. The maximum atomic E-state index is 12.9. The fourth-order valence-electron chi connectivity index (χ4n) is 2.73. The first kappa shape index (κ1) is 21.0. The van der Waals surface area contributed by atoms with Crippen molar-refractivity contribution in [1.82, 2.24) is 0 Å². The van der Waals surface area contributed by atoms with Gasteiger partial charge in [-0.25, -0.2) is 4.39 Å². The average molecular weight is 410 g/mol. The van der Waals surface area contributed by atoms with Crippen molar-refractivity contribution in [3.8, 4) is 17.2 Å². The second-order valence-corrected chi connectivity index (χ2v) is 6.41. The lowest BCUT2D eigenvalue weighted by Gasteiger charge is -2.13. The maximum Gasteiger partial charge on any atom is 0.262 e. The first-order chi connectivity index (χ1) is 14.6. The molecule has 0 aromatic heterocycles. The van der Waals surface area contributed by atoms with Crippen LogP contribution in [0.15, 0.2) is 66.7 Å². The van der Waals surface area contributed by atoms with Gasteiger partial charge in [0.1, 0.15) is 11.6 Å². The molecule has 1 amide bonds. The van der Waals surface area contributed by atoms with Crippen LogP contribution >= 0.6 is 0 Å². The Morgan fingerprint density at radius 3 is 2.23 bits per heavy atom. The number of ether oxygens (including phenoxy) is 3. The van der Waals surface area contributed by atoms with E-state index in [4.69, 9.17) is 14.2 Å². The summed E-state index contributed by atoms with van der Waals surface area (Å²) in [6, 6.07) is 18.7. The largest absolute Gasteiger partial charge is 0.497 e. The highest BCUT2D eigenvalue weighted by Gasteiger charge is 2.09. The number of amides is 1. The molecule has 3 aromatic carbocycles. The second kappa shape index (κ2) is 10.2. The van der Waals surface area contributed by atoms with Gasteiger partial charge in [-0.15, -0.1) is 0 Å². The molecular formula is C23H23FN2O4. The van der Waals surface area contributed by atoms with E-state index in [0.717, 1.165) is 17.0 Å². The van der Waals surface area contributed by atoms with Crippen LogP contribution in [0.4, 0.5) is 15.8 Å². The van der Waals surface area contributed by atoms with Crippen LogP contribution in [0.3, 0.4) is 0 Å². The van der Waals surface area contributed by atoms with Crippen LogP contribution in [0.5, 0.6) is 17.2 Å². The molecule has 0 bridgehead atoms. The number of hydrogen-bond donors (Lipinski definition) is 2. The Morgan fingerprint density at radius 1 is 0.867 bits per heavy atom. The molecule has 0 aliphatic rings. The van der Waals surface area contributed by atoms with Crippen LogP contribution in [-0.4, -0.2) is 26.7 Å². The molecule has 0 aliphatic carbocycles. The number of rotatable bonds is 9. The summed E-state index contributed by atoms with van der Waals surface area (Å²) < 4.78 is 29.1. The Balaban J connectivity index is 1.55. The quantitative estimate of drug-likeness (QED) is 0.545. The minimum absolute atomic E-state index is 0.197. The summed E-state index contributed by atoms with van der Waals surface area (Å²) in [6.07, 6.45) is 0. The topological polar surface area (TPSA) is 68.8 Å². The van der Waals surface area contributed by atoms with Crippen LogP contribution in [0.1, 0.15) is 5.56 Å². The number of carbonyl (C=O) groups excluding carboxylic acids is 1. The lowest BCUT2D eigenvalue weighted by molar-refractivity contribution is -0.118. The Bertz CT molecular complexity index is 975. The van der Waals surface area contributed by atoms with E-state index >= 15 is 0 Å². The first-order valence-corrected chi connectivity index (χ1v) is 9.30. The Kier molecular flexibility index (Phi) is 7.10. The molecule has 0 aliphatic heterocycles. The van der Waals surface area contributed by atoms with E-state index in [0.29, 0.717) is 23.7 Å². The maximum absolute atomic E-state index is 12.9. The Morgan fingerprint density at radius 2 is 1.57 bits per heavy atom. The molecular weight excluding hydrogens is 387 g/mol. The highest BCUT2D eigenvalue weighted by molar-refractivity contribution is 5.91. The van der Waals surface area contributed by atoms with Crippen molar-refractivity contribution >= 4 is 17.3 Å². The smallest absolute Gasteiger partial charge is 0.262 e. The van der Waals surface area contributed by atoms with Crippen molar-refractivity contribution in [1.29, 1.82) is 0 Å². The first-order valence-electron chi connectivity index (χ1n) is 9.30. The van der Waals surface area contributed by atoms with Gasteiger partial charge < -0.3 is 24.8 Å². The Labute approximate surface area is 174 Å². The van der Waals surface area contributed by atoms with Crippen molar-refractivity contribution in [3.05, 3.63) is 78.1 Å². The van der Waals surface area contributed by atoms with Gasteiger partial charge in [0.25, 0.3) is 5.91 Å². The normalized spacial score (nSPS) is 10.2. The molecule has 30 heavy (non-hydrogen) atoms. The van der Waals surface area contributed by atoms with E-state index in [-0.39, 0.29) is 18.3 Å². The number of benzene rings is 3. The molecule has 7 heteroatoms. The summed E-state index contributed by atoms with van der Waals surface area (Å²) in [5.74, 6) is 1.07. The third kappa shape index (κ3) is 5.88. The minimum atomic E-state index is -0.365. The van der Waals surface area contributed by atoms with Gasteiger partial charge in [0.05, 0.1) is 14.2 Å². The third-order valence-electron chi connectivity index (χ3n) is 4.30. The lowest BCUT2D eigenvalue weighted by Crippen LogP contribution is -2.20. The molecule has 0 radical (unpaired) electrons.